The third-order valence-corrected chi connectivity index (χ3v) is 4.72. The van der Waals surface area contributed by atoms with Crippen molar-refractivity contribution in [1.82, 2.24) is 4.90 Å². The van der Waals surface area contributed by atoms with Crippen LogP contribution in [0.4, 0.5) is 0 Å². The van der Waals surface area contributed by atoms with Crippen molar-refractivity contribution < 1.29 is 5.11 Å². The molecule has 0 aliphatic carbocycles. The van der Waals surface area contributed by atoms with Crippen LogP contribution >= 0.6 is 0 Å². The third-order valence-electron chi connectivity index (χ3n) is 4.72. The number of benzene rings is 2. The largest absolute Gasteiger partial charge is 0.389 e. The number of hydrogen-bond acceptors (Lipinski definition) is 2. The molecule has 1 atom stereocenters. The molecular weight excluding hydrogens is 282 g/mol. The molecule has 0 amide bonds. The first-order chi connectivity index (χ1) is 11.2. The van der Waals surface area contributed by atoms with Gasteiger partial charge < -0.3 is 5.11 Å². The number of likely N-dealkylation sites (tertiary alicyclic amines) is 1. The molecule has 2 heteroatoms. The van der Waals surface area contributed by atoms with E-state index < -0.39 is 0 Å². The van der Waals surface area contributed by atoms with E-state index in [0.29, 0.717) is 0 Å². The van der Waals surface area contributed by atoms with Crippen molar-refractivity contribution in [3.8, 4) is 0 Å². The Morgan fingerprint density at radius 3 is 1.83 bits per heavy atom. The Morgan fingerprint density at radius 2 is 1.43 bits per heavy atom. The van der Waals surface area contributed by atoms with Gasteiger partial charge in [0, 0.05) is 13.1 Å². The van der Waals surface area contributed by atoms with E-state index in [0.717, 1.165) is 19.5 Å². The Labute approximate surface area is 139 Å². The Kier molecular flexibility index (Phi) is 4.94. The first-order valence-electron chi connectivity index (χ1n) is 8.43. The van der Waals surface area contributed by atoms with Gasteiger partial charge in [-0.3, -0.25) is 4.90 Å². The highest BCUT2D eigenvalue weighted by Crippen LogP contribution is 2.35. The van der Waals surface area contributed by atoms with Crippen molar-refractivity contribution in [2.45, 2.75) is 32.4 Å². The van der Waals surface area contributed by atoms with E-state index in [-0.39, 0.29) is 12.1 Å². The summed E-state index contributed by atoms with van der Waals surface area (Å²) in [6, 6.07) is 21.7. The van der Waals surface area contributed by atoms with Crippen molar-refractivity contribution in [1.29, 1.82) is 0 Å². The molecule has 2 aromatic rings. The van der Waals surface area contributed by atoms with Crippen LogP contribution in [0.2, 0.25) is 0 Å². The number of nitrogens with zero attached hydrogens (tertiary/aromatic N) is 1. The maximum atomic E-state index is 9.93. The van der Waals surface area contributed by atoms with Gasteiger partial charge in [0.15, 0.2) is 0 Å². The summed E-state index contributed by atoms with van der Waals surface area (Å²) in [4.78, 5) is 2.48. The molecule has 2 nitrogen and oxygen atoms in total. The van der Waals surface area contributed by atoms with Gasteiger partial charge in [-0.2, -0.15) is 0 Å². The number of rotatable bonds is 5. The van der Waals surface area contributed by atoms with E-state index >= 15 is 0 Å². The molecule has 0 bridgehead atoms. The molecule has 1 fully saturated rings. The normalized spacial score (nSPS) is 16.3. The summed E-state index contributed by atoms with van der Waals surface area (Å²) < 4.78 is 0. The van der Waals surface area contributed by atoms with Crippen LogP contribution in [0.1, 0.15) is 37.4 Å². The summed E-state index contributed by atoms with van der Waals surface area (Å²) in [5.74, 6) is 0. The Bertz CT molecular complexity index is 613. The van der Waals surface area contributed by atoms with Crippen molar-refractivity contribution in [3.05, 3.63) is 82.9 Å². The van der Waals surface area contributed by atoms with Gasteiger partial charge in [-0.05, 0) is 35.6 Å². The summed E-state index contributed by atoms with van der Waals surface area (Å²) in [7, 11) is 0. The smallest absolute Gasteiger partial charge is 0.0725 e. The SMILES string of the molecule is CCC(=C1CN(C(c2ccccc2)c2ccccc2)C1)C(C)O. The van der Waals surface area contributed by atoms with Crippen LogP contribution < -0.4 is 0 Å². The van der Waals surface area contributed by atoms with Crippen molar-refractivity contribution in [3.63, 3.8) is 0 Å². The van der Waals surface area contributed by atoms with Gasteiger partial charge in [0.1, 0.15) is 0 Å². The highest BCUT2D eigenvalue weighted by atomic mass is 16.3. The van der Waals surface area contributed by atoms with E-state index in [1.807, 2.05) is 6.92 Å². The number of aliphatic hydroxyl groups excluding tert-OH is 1. The minimum absolute atomic E-state index is 0.285. The Morgan fingerprint density at radius 1 is 0.957 bits per heavy atom. The van der Waals surface area contributed by atoms with E-state index in [1.54, 1.807) is 0 Å². The quantitative estimate of drug-likeness (QED) is 0.838. The highest BCUT2D eigenvalue weighted by Gasteiger charge is 2.31. The van der Waals surface area contributed by atoms with Gasteiger partial charge in [-0.25, -0.2) is 0 Å². The van der Waals surface area contributed by atoms with Gasteiger partial charge in [0.05, 0.1) is 12.1 Å². The first kappa shape index (κ1) is 16.0. The second-order valence-corrected chi connectivity index (χ2v) is 6.29. The number of hydrogen-bond donors (Lipinski definition) is 1. The van der Waals surface area contributed by atoms with Crippen LogP contribution in [0.15, 0.2) is 71.8 Å². The van der Waals surface area contributed by atoms with Gasteiger partial charge in [0.25, 0.3) is 0 Å². The maximum Gasteiger partial charge on any atom is 0.0725 e. The molecular formula is C21H25NO. The lowest BCUT2D eigenvalue weighted by atomic mass is 9.89. The highest BCUT2D eigenvalue weighted by molar-refractivity contribution is 5.36. The molecule has 2 aromatic carbocycles. The monoisotopic (exact) mass is 307 g/mol. The van der Waals surface area contributed by atoms with Crippen LogP contribution in [-0.4, -0.2) is 29.2 Å². The minimum Gasteiger partial charge on any atom is -0.389 e. The summed E-state index contributed by atoms with van der Waals surface area (Å²) in [6.45, 7) is 5.90. The van der Waals surface area contributed by atoms with Gasteiger partial charge in [-0.15, -0.1) is 0 Å². The van der Waals surface area contributed by atoms with Crippen LogP contribution in [-0.2, 0) is 0 Å². The summed E-state index contributed by atoms with van der Waals surface area (Å²) >= 11 is 0. The lowest BCUT2D eigenvalue weighted by Crippen LogP contribution is -2.44. The standard InChI is InChI=1S/C21H25NO/c1-3-20(16(2)23)19-14-22(15-19)21(17-10-6-4-7-11-17)18-12-8-5-9-13-18/h4-13,16,21,23H,3,14-15H2,1-2H3. The van der Waals surface area contributed by atoms with Crippen molar-refractivity contribution in [2.24, 2.45) is 0 Å². The molecule has 0 saturated carbocycles. The van der Waals surface area contributed by atoms with Crippen LogP contribution in [0.3, 0.4) is 0 Å². The third kappa shape index (κ3) is 3.39. The molecule has 1 heterocycles. The summed E-state index contributed by atoms with van der Waals surface area (Å²) in [5.41, 5.74) is 5.26. The zero-order valence-electron chi connectivity index (χ0n) is 13.9. The second-order valence-electron chi connectivity index (χ2n) is 6.29. The molecule has 1 unspecified atom stereocenters. The fourth-order valence-electron chi connectivity index (χ4n) is 3.56. The predicted molar refractivity (Wildman–Crippen MR) is 95.3 cm³/mol. The van der Waals surface area contributed by atoms with E-state index in [4.69, 9.17) is 0 Å². The average Bonchev–Trinajstić information content (AvgIpc) is 2.54. The second kappa shape index (κ2) is 7.12. The zero-order chi connectivity index (χ0) is 16.2. The Hall–Kier alpha value is -1.90. The molecule has 3 rings (SSSR count). The molecule has 1 saturated heterocycles. The molecule has 23 heavy (non-hydrogen) atoms. The topological polar surface area (TPSA) is 23.5 Å². The van der Waals surface area contributed by atoms with E-state index in [9.17, 15) is 5.11 Å². The fraction of sp³-hybridized carbons (Fsp3) is 0.333. The van der Waals surface area contributed by atoms with Crippen LogP contribution in [0.5, 0.6) is 0 Å². The van der Waals surface area contributed by atoms with Crippen molar-refractivity contribution >= 4 is 0 Å². The molecule has 0 spiro atoms. The van der Waals surface area contributed by atoms with Crippen molar-refractivity contribution in [2.75, 3.05) is 13.1 Å². The predicted octanol–water partition coefficient (Wildman–Crippen LogP) is 4.18. The number of aliphatic hydroxyl groups is 1. The lowest BCUT2D eigenvalue weighted by molar-refractivity contribution is 0.183. The summed E-state index contributed by atoms with van der Waals surface area (Å²) in [5, 5.41) is 9.93. The maximum absolute atomic E-state index is 9.93. The summed E-state index contributed by atoms with van der Waals surface area (Å²) in [6.07, 6.45) is 0.603. The molecule has 1 aliphatic rings. The molecule has 0 aromatic heterocycles. The molecule has 0 radical (unpaired) electrons. The van der Waals surface area contributed by atoms with E-state index in [1.165, 1.54) is 22.3 Å². The first-order valence-corrected chi connectivity index (χ1v) is 8.43. The van der Waals surface area contributed by atoms with Crippen LogP contribution in [0.25, 0.3) is 0 Å². The van der Waals surface area contributed by atoms with Crippen LogP contribution in [0, 0.1) is 0 Å². The molecule has 1 N–H and O–H groups in total. The molecule has 1 aliphatic heterocycles. The zero-order valence-corrected chi connectivity index (χ0v) is 13.9. The van der Waals surface area contributed by atoms with Gasteiger partial charge in [0.2, 0.25) is 0 Å². The average molecular weight is 307 g/mol. The molecule has 120 valence electrons. The Balaban J connectivity index is 1.88. The van der Waals surface area contributed by atoms with Gasteiger partial charge >= 0.3 is 0 Å². The minimum atomic E-state index is -0.330. The van der Waals surface area contributed by atoms with Gasteiger partial charge in [-0.1, -0.05) is 67.6 Å². The van der Waals surface area contributed by atoms with E-state index in [2.05, 4.69) is 72.5 Å². The fourth-order valence-corrected chi connectivity index (χ4v) is 3.56. The lowest BCUT2D eigenvalue weighted by Gasteiger charge is -2.42.